The van der Waals surface area contributed by atoms with E-state index in [-0.39, 0.29) is 16.9 Å². The molecule has 0 saturated heterocycles. The molecule has 0 unspecified atom stereocenters. The highest BCUT2D eigenvalue weighted by atomic mass is 19.1. The fourth-order valence-corrected chi connectivity index (χ4v) is 2.38. The van der Waals surface area contributed by atoms with E-state index in [2.05, 4.69) is 10.3 Å². The summed E-state index contributed by atoms with van der Waals surface area (Å²) in [4.78, 5) is 37.4. The van der Waals surface area contributed by atoms with E-state index in [1.54, 1.807) is 0 Å². The van der Waals surface area contributed by atoms with Gasteiger partial charge in [0.2, 0.25) is 0 Å². The van der Waals surface area contributed by atoms with Crippen molar-refractivity contribution in [2.24, 2.45) is 0 Å². The molecule has 1 aromatic heterocycles. The summed E-state index contributed by atoms with van der Waals surface area (Å²) in [6.07, 6.45) is 0. The van der Waals surface area contributed by atoms with Crippen LogP contribution in [0.25, 0.3) is 11.3 Å². The Hall–Kier alpha value is -3.81. The molecule has 26 heavy (non-hydrogen) atoms. The highest BCUT2D eigenvalue weighted by molar-refractivity contribution is 6.05. The third-order valence-corrected chi connectivity index (χ3v) is 3.66. The molecule has 0 aliphatic carbocycles. The second-order valence-electron chi connectivity index (χ2n) is 5.35. The number of amides is 1. The van der Waals surface area contributed by atoms with Gasteiger partial charge in [-0.25, -0.2) is 4.39 Å². The predicted octanol–water partition coefficient (Wildman–Crippen LogP) is 3.34. The highest BCUT2D eigenvalue weighted by Gasteiger charge is 2.17. The van der Waals surface area contributed by atoms with Gasteiger partial charge in [-0.15, -0.1) is 0 Å². The lowest BCUT2D eigenvalue weighted by Gasteiger charge is -2.07. The van der Waals surface area contributed by atoms with Gasteiger partial charge >= 0.3 is 0 Å². The van der Waals surface area contributed by atoms with Crippen LogP contribution in [0.4, 0.5) is 15.8 Å². The molecule has 0 atom stereocenters. The Labute approximate surface area is 146 Å². The second kappa shape index (κ2) is 6.98. The van der Waals surface area contributed by atoms with E-state index in [4.69, 9.17) is 0 Å². The lowest BCUT2D eigenvalue weighted by Crippen LogP contribution is -2.23. The molecule has 2 N–H and O–H groups in total. The Balaban J connectivity index is 1.88. The minimum absolute atomic E-state index is 0.00971. The minimum Gasteiger partial charge on any atom is -0.321 e. The number of para-hydroxylation sites is 2. The Morgan fingerprint density at radius 1 is 1.04 bits per heavy atom. The van der Waals surface area contributed by atoms with E-state index in [0.29, 0.717) is 11.3 Å². The monoisotopic (exact) mass is 353 g/mol. The topological polar surface area (TPSA) is 105 Å². The first kappa shape index (κ1) is 17.0. The van der Waals surface area contributed by atoms with Crippen LogP contribution < -0.4 is 10.9 Å². The number of hydrogen-bond donors (Lipinski definition) is 2. The maximum Gasteiger partial charge on any atom is 0.292 e. The van der Waals surface area contributed by atoms with Crippen LogP contribution in [0.15, 0.2) is 65.5 Å². The summed E-state index contributed by atoms with van der Waals surface area (Å²) < 4.78 is 13.0. The minimum atomic E-state index is -0.772. The van der Waals surface area contributed by atoms with Crippen LogP contribution in [0.1, 0.15) is 10.4 Å². The van der Waals surface area contributed by atoms with Crippen molar-refractivity contribution in [2.75, 3.05) is 5.32 Å². The van der Waals surface area contributed by atoms with Crippen LogP contribution in [-0.4, -0.2) is 15.8 Å². The van der Waals surface area contributed by atoms with Gasteiger partial charge in [0.05, 0.1) is 4.92 Å². The molecule has 0 bridgehead atoms. The van der Waals surface area contributed by atoms with Gasteiger partial charge < -0.3 is 10.3 Å². The predicted molar refractivity (Wildman–Crippen MR) is 93.5 cm³/mol. The van der Waals surface area contributed by atoms with Crippen molar-refractivity contribution < 1.29 is 14.1 Å². The van der Waals surface area contributed by atoms with Crippen molar-refractivity contribution in [3.63, 3.8) is 0 Å². The maximum absolute atomic E-state index is 13.0. The standard InChI is InChI=1S/C18H12FN3O4/c19-12-7-5-11(6-8-12)14-10-9-13(17(23)20-14)18(24)21-15-3-1-2-4-16(15)22(25)26/h1-10H,(H,20,23)(H,21,24). The number of nitrogens with zero attached hydrogens (tertiary/aromatic N) is 1. The molecule has 0 aliphatic rings. The van der Waals surface area contributed by atoms with Crippen molar-refractivity contribution in [3.8, 4) is 11.3 Å². The summed E-state index contributed by atoms with van der Waals surface area (Å²) in [6.45, 7) is 0. The first-order chi connectivity index (χ1) is 12.5. The SMILES string of the molecule is O=C(Nc1ccccc1[N+](=O)[O-])c1ccc(-c2ccc(F)cc2)[nH]c1=O. The smallest absolute Gasteiger partial charge is 0.292 e. The normalized spacial score (nSPS) is 10.3. The Bertz CT molecular complexity index is 1040. The lowest BCUT2D eigenvalue weighted by molar-refractivity contribution is -0.383. The van der Waals surface area contributed by atoms with Crippen molar-refractivity contribution in [1.82, 2.24) is 4.98 Å². The van der Waals surface area contributed by atoms with E-state index in [9.17, 15) is 24.1 Å². The van der Waals surface area contributed by atoms with E-state index >= 15 is 0 Å². The van der Waals surface area contributed by atoms with Crippen LogP contribution in [-0.2, 0) is 0 Å². The zero-order valence-corrected chi connectivity index (χ0v) is 13.2. The number of hydrogen-bond acceptors (Lipinski definition) is 4. The molecule has 3 rings (SSSR count). The molecule has 3 aromatic rings. The third-order valence-electron chi connectivity index (χ3n) is 3.66. The van der Waals surface area contributed by atoms with Crippen LogP contribution in [0.5, 0.6) is 0 Å². The van der Waals surface area contributed by atoms with Gasteiger partial charge in [0.1, 0.15) is 17.1 Å². The molecule has 8 heteroatoms. The quantitative estimate of drug-likeness (QED) is 0.554. The molecule has 1 heterocycles. The average molecular weight is 353 g/mol. The summed E-state index contributed by atoms with van der Waals surface area (Å²) in [7, 11) is 0. The van der Waals surface area contributed by atoms with Crippen LogP contribution >= 0.6 is 0 Å². The summed E-state index contributed by atoms with van der Waals surface area (Å²) in [5, 5.41) is 13.4. The van der Waals surface area contributed by atoms with E-state index in [1.807, 2.05) is 0 Å². The van der Waals surface area contributed by atoms with Gasteiger partial charge in [0.25, 0.3) is 17.2 Å². The number of carbonyl (C=O) groups excluding carboxylic acids is 1. The summed E-state index contributed by atoms with van der Waals surface area (Å²) in [6, 6.07) is 13.9. The second-order valence-corrected chi connectivity index (χ2v) is 5.35. The van der Waals surface area contributed by atoms with Crippen molar-refractivity contribution in [2.45, 2.75) is 0 Å². The van der Waals surface area contributed by atoms with Gasteiger partial charge in [-0.05, 0) is 48.0 Å². The zero-order valence-electron chi connectivity index (χ0n) is 13.2. The Morgan fingerprint density at radius 3 is 2.38 bits per heavy atom. The molecule has 1 amide bonds. The van der Waals surface area contributed by atoms with Crippen molar-refractivity contribution in [1.29, 1.82) is 0 Å². The number of rotatable bonds is 4. The number of nitro groups is 1. The molecule has 0 fully saturated rings. The largest absolute Gasteiger partial charge is 0.321 e. The number of benzene rings is 2. The van der Waals surface area contributed by atoms with E-state index in [1.165, 1.54) is 60.7 Å². The third kappa shape index (κ3) is 3.48. The summed E-state index contributed by atoms with van der Waals surface area (Å²) in [5.74, 6) is -1.18. The van der Waals surface area contributed by atoms with Gasteiger partial charge in [0, 0.05) is 11.8 Å². The Morgan fingerprint density at radius 2 is 1.73 bits per heavy atom. The van der Waals surface area contributed by atoms with Crippen LogP contribution in [0.3, 0.4) is 0 Å². The number of halogens is 1. The summed E-state index contributed by atoms with van der Waals surface area (Å²) in [5.41, 5.74) is -0.159. The maximum atomic E-state index is 13.0. The van der Waals surface area contributed by atoms with Gasteiger partial charge in [-0.1, -0.05) is 12.1 Å². The number of nitrogens with one attached hydrogen (secondary N) is 2. The van der Waals surface area contributed by atoms with Gasteiger partial charge in [-0.3, -0.25) is 19.7 Å². The fourth-order valence-electron chi connectivity index (χ4n) is 2.38. The van der Waals surface area contributed by atoms with E-state index < -0.39 is 22.2 Å². The Kier molecular flexibility index (Phi) is 4.57. The molecule has 0 radical (unpaired) electrons. The zero-order chi connectivity index (χ0) is 18.7. The molecular formula is C18H12FN3O4. The number of H-pyrrole nitrogens is 1. The van der Waals surface area contributed by atoms with Crippen LogP contribution in [0.2, 0.25) is 0 Å². The molecule has 0 saturated carbocycles. The van der Waals surface area contributed by atoms with Gasteiger partial charge in [0.15, 0.2) is 0 Å². The fraction of sp³-hybridized carbons (Fsp3) is 0. The highest BCUT2D eigenvalue weighted by Crippen LogP contribution is 2.23. The molecular weight excluding hydrogens is 341 g/mol. The average Bonchev–Trinajstić information content (AvgIpc) is 2.62. The summed E-state index contributed by atoms with van der Waals surface area (Å²) >= 11 is 0. The number of pyridine rings is 1. The molecule has 2 aromatic carbocycles. The molecule has 130 valence electrons. The lowest BCUT2D eigenvalue weighted by atomic mass is 10.1. The molecule has 0 aliphatic heterocycles. The number of aromatic nitrogens is 1. The van der Waals surface area contributed by atoms with Crippen molar-refractivity contribution in [3.05, 3.63) is 92.5 Å². The first-order valence-electron chi connectivity index (χ1n) is 7.50. The number of anilines is 1. The first-order valence-corrected chi connectivity index (χ1v) is 7.50. The van der Waals surface area contributed by atoms with Crippen LogP contribution in [0, 0.1) is 15.9 Å². The molecule has 7 nitrogen and oxygen atoms in total. The number of carbonyl (C=O) groups is 1. The van der Waals surface area contributed by atoms with Crippen molar-refractivity contribution >= 4 is 17.3 Å². The number of nitro benzene ring substituents is 1. The molecule has 0 spiro atoms. The number of aromatic amines is 1. The van der Waals surface area contributed by atoms with E-state index in [0.717, 1.165) is 0 Å². The van der Waals surface area contributed by atoms with Gasteiger partial charge in [-0.2, -0.15) is 0 Å².